The maximum Gasteiger partial charge on any atom is 0.259 e. The average molecular weight is 431 g/mol. The van der Waals surface area contributed by atoms with Gasteiger partial charge >= 0.3 is 0 Å². The van der Waals surface area contributed by atoms with E-state index in [9.17, 15) is 9.90 Å². The SMILES string of the molecule is CN1CC[C@](O)(c2cnn(-c3cccc(-c4ccnc(Nc5cnn(C)c5)n4)n3)c2)C1=O. The normalized spacial score (nSPS) is 18.3. The largest absolute Gasteiger partial charge is 0.375 e. The Balaban J connectivity index is 1.42. The summed E-state index contributed by atoms with van der Waals surface area (Å²) in [6, 6.07) is 7.25. The molecule has 0 bridgehead atoms. The Morgan fingerprint density at radius 3 is 2.66 bits per heavy atom. The molecule has 1 aliphatic rings. The van der Waals surface area contributed by atoms with Gasteiger partial charge in [-0.15, -0.1) is 0 Å². The molecule has 1 fully saturated rings. The molecule has 0 aromatic carbocycles. The summed E-state index contributed by atoms with van der Waals surface area (Å²) in [5.41, 5.74) is 0.937. The smallest absolute Gasteiger partial charge is 0.259 e. The molecule has 1 amide bonds. The molecule has 1 aliphatic heterocycles. The van der Waals surface area contributed by atoms with Crippen molar-refractivity contribution in [3.8, 4) is 17.2 Å². The minimum Gasteiger partial charge on any atom is -0.375 e. The number of carbonyl (C=O) groups excluding carboxylic acids is 1. The second kappa shape index (κ2) is 7.54. The summed E-state index contributed by atoms with van der Waals surface area (Å²) in [6.07, 6.45) is 8.63. The molecule has 2 N–H and O–H groups in total. The number of nitrogens with zero attached hydrogens (tertiary/aromatic N) is 8. The minimum atomic E-state index is -1.55. The van der Waals surface area contributed by atoms with Crippen LogP contribution in [0.4, 0.5) is 11.6 Å². The number of amides is 1. The van der Waals surface area contributed by atoms with Crippen LogP contribution in [-0.4, -0.2) is 64.0 Å². The van der Waals surface area contributed by atoms with Crippen LogP contribution in [0.2, 0.25) is 0 Å². The Kier molecular flexibility index (Phi) is 4.67. The van der Waals surface area contributed by atoms with E-state index in [-0.39, 0.29) is 5.91 Å². The molecule has 32 heavy (non-hydrogen) atoms. The molecule has 0 unspecified atom stereocenters. The Hall–Kier alpha value is -4.12. The van der Waals surface area contributed by atoms with Crippen molar-refractivity contribution < 1.29 is 9.90 Å². The molecule has 162 valence electrons. The number of pyridine rings is 1. The summed E-state index contributed by atoms with van der Waals surface area (Å²) in [5, 5.41) is 22.4. The molecule has 0 aliphatic carbocycles. The van der Waals surface area contributed by atoms with Crippen LogP contribution in [0.3, 0.4) is 0 Å². The minimum absolute atomic E-state index is 0.326. The molecular formula is C21H21N9O2. The molecule has 0 spiro atoms. The van der Waals surface area contributed by atoms with Gasteiger partial charge in [-0.2, -0.15) is 10.2 Å². The number of anilines is 2. The fraction of sp³-hybridized carbons (Fsp3) is 0.238. The second-order valence-electron chi connectivity index (χ2n) is 7.68. The van der Waals surface area contributed by atoms with Crippen LogP contribution >= 0.6 is 0 Å². The number of likely N-dealkylation sites (N-methyl/N-ethyl adjacent to an activating group) is 1. The van der Waals surface area contributed by atoms with Gasteiger partial charge in [-0.3, -0.25) is 9.48 Å². The van der Waals surface area contributed by atoms with Crippen LogP contribution in [0.15, 0.2) is 55.2 Å². The van der Waals surface area contributed by atoms with Crippen molar-refractivity contribution in [1.82, 2.24) is 39.4 Å². The number of aryl methyl sites for hydroxylation is 1. The van der Waals surface area contributed by atoms with Gasteiger partial charge in [0.1, 0.15) is 0 Å². The molecule has 5 heterocycles. The standard InChI is InChI=1S/C21H21N9O2/c1-28-9-7-21(32,19(28)31)14-10-24-30(12-14)18-5-3-4-16(26-18)17-6-8-22-20(27-17)25-15-11-23-29(2)13-15/h3-6,8,10-13,32H,7,9H2,1-2H3,(H,22,25,27)/t21-/m0/s1. The average Bonchev–Trinajstić information content (AvgIpc) is 3.52. The van der Waals surface area contributed by atoms with E-state index in [0.717, 1.165) is 5.69 Å². The Morgan fingerprint density at radius 2 is 1.91 bits per heavy atom. The number of nitrogens with one attached hydrogen (secondary N) is 1. The van der Waals surface area contributed by atoms with E-state index in [1.54, 1.807) is 47.1 Å². The van der Waals surface area contributed by atoms with Crippen molar-refractivity contribution in [3.63, 3.8) is 0 Å². The van der Waals surface area contributed by atoms with Gasteiger partial charge < -0.3 is 15.3 Å². The highest BCUT2D eigenvalue weighted by atomic mass is 16.3. The lowest BCUT2D eigenvalue weighted by Gasteiger charge is -2.18. The summed E-state index contributed by atoms with van der Waals surface area (Å²) in [7, 11) is 3.51. The van der Waals surface area contributed by atoms with E-state index in [4.69, 9.17) is 0 Å². The highest BCUT2D eigenvalue weighted by molar-refractivity contribution is 5.88. The summed E-state index contributed by atoms with van der Waals surface area (Å²) >= 11 is 0. The number of aliphatic hydroxyl groups is 1. The summed E-state index contributed by atoms with van der Waals surface area (Å²) in [6.45, 7) is 0.497. The van der Waals surface area contributed by atoms with Crippen molar-refractivity contribution in [2.45, 2.75) is 12.0 Å². The van der Waals surface area contributed by atoms with Crippen molar-refractivity contribution in [2.75, 3.05) is 18.9 Å². The Morgan fingerprint density at radius 1 is 1.06 bits per heavy atom. The van der Waals surface area contributed by atoms with Gasteiger partial charge in [0.2, 0.25) is 5.95 Å². The van der Waals surface area contributed by atoms with E-state index in [1.165, 1.54) is 11.1 Å². The highest BCUT2D eigenvalue weighted by Crippen LogP contribution is 2.32. The van der Waals surface area contributed by atoms with Crippen molar-refractivity contribution >= 4 is 17.5 Å². The van der Waals surface area contributed by atoms with Crippen LogP contribution in [0.25, 0.3) is 17.2 Å². The third-order valence-electron chi connectivity index (χ3n) is 5.42. The van der Waals surface area contributed by atoms with E-state index in [2.05, 4.69) is 30.5 Å². The lowest BCUT2D eigenvalue weighted by Crippen LogP contribution is -2.35. The van der Waals surface area contributed by atoms with Gasteiger partial charge in [-0.05, 0) is 18.2 Å². The van der Waals surface area contributed by atoms with Gasteiger partial charge in [0.25, 0.3) is 5.91 Å². The first-order chi connectivity index (χ1) is 15.4. The fourth-order valence-electron chi connectivity index (χ4n) is 3.65. The molecular weight excluding hydrogens is 410 g/mol. The Bertz CT molecular complexity index is 1300. The number of hydrogen-bond donors (Lipinski definition) is 2. The second-order valence-corrected chi connectivity index (χ2v) is 7.68. The van der Waals surface area contributed by atoms with Crippen molar-refractivity contribution in [1.29, 1.82) is 0 Å². The first-order valence-corrected chi connectivity index (χ1v) is 10.0. The van der Waals surface area contributed by atoms with Gasteiger partial charge in [-0.25, -0.2) is 19.6 Å². The summed E-state index contributed by atoms with van der Waals surface area (Å²) in [4.78, 5) is 27.3. The van der Waals surface area contributed by atoms with Crippen LogP contribution in [0, 0.1) is 0 Å². The molecule has 4 aromatic rings. The molecule has 11 nitrogen and oxygen atoms in total. The topological polar surface area (TPSA) is 127 Å². The molecule has 0 saturated carbocycles. The van der Waals surface area contributed by atoms with E-state index in [1.807, 2.05) is 25.4 Å². The van der Waals surface area contributed by atoms with Gasteiger partial charge in [0.15, 0.2) is 11.4 Å². The monoisotopic (exact) mass is 431 g/mol. The lowest BCUT2D eigenvalue weighted by molar-refractivity contribution is -0.143. The first-order valence-electron chi connectivity index (χ1n) is 10.0. The molecule has 0 radical (unpaired) electrons. The molecule has 1 atom stereocenters. The predicted octanol–water partition coefficient (Wildman–Crippen LogP) is 1.25. The Labute approximate surface area is 183 Å². The fourth-order valence-corrected chi connectivity index (χ4v) is 3.65. The number of rotatable bonds is 5. The molecule has 1 saturated heterocycles. The van der Waals surface area contributed by atoms with Gasteiger partial charge in [0, 0.05) is 51.2 Å². The first kappa shape index (κ1) is 19.8. The zero-order valence-corrected chi connectivity index (χ0v) is 17.5. The molecule has 4 aromatic heterocycles. The maximum atomic E-state index is 12.4. The third kappa shape index (κ3) is 3.48. The van der Waals surface area contributed by atoms with E-state index in [0.29, 0.717) is 41.7 Å². The summed E-state index contributed by atoms with van der Waals surface area (Å²) in [5.74, 6) is 0.639. The van der Waals surface area contributed by atoms with Gasteiger partial charge in [0.05, 0.1) is 29.5 Å². The van der Waals surface area contributed by atoms with Crippen LogP contribution < -0.4 is 5.32 Å². The maximum absolute atomic E-state index is 12.4. The summed E-state index contributed by atoms with van der Waals surface area (Å²) < 4.78 is 3.22. The number of likely N-dealkylation sites (tertiary alicyclic amines) is 1. The number of carbonyl (C=O) groups is 1. The van der Waals surface area contributed by atoms with Crippen LogP contribution in [0.5, 0.6) is 0 Å². The highest BCUT2D eigenvalue weighted by Gasteiger charge is 2.46. The molecule has 5 rings (SSSR count). The zero-order valence-electron chi connectivity index (χ0n) is 17.5. The predicted molar refractivity (Wildman–Crippen MR) is 115 cm³/mol. The van der Waals surface area contributed by atoms with E-state index < -0.39 is 5.60 Å². The lowest BCUT2D eigenvalue weighted by atomic mass is 9.95. The molecule has 11 heteroatoms. The van der Waals surface area contributed by atoms with E-state index >= 15 is 0 Å². The number of hydrogen-bond acceptors (Lipinski definition) is 8. The van der Waals surface area contributed by atoms with Crippen LogP contribution in [0.1, 0.15) is 12.0 Å². The van der Waals surface area contributed by atoms with Crippen molar-refractivity contribution in [2.24, 2.45) is 7.05 Å². The zero-order chi connectivity index (χ0) is 22.3. The number of aromatic nitrogens is 7. The van der Waals surface area contributed by atoms with Crippen molar-refractivity contribution in [3.05, 3.63) is 60.8 Å². The van der Waals surface area contributed by atoms with Gasteiger partial charge in [-0.1, -0.05) is 6.07 Å². The van der Waals surface area contributed by atoms with Crippen LogP contribution in [-0.2, 0) is 17.4 Å². The quantitative estimate of drug-likeness (QED) is 0.483. The third-order valence-corrected chi connectivity index (χ3v) is 5.42.